The molecule has 1 aromatic rings. The summed E-state index contributed by atoms with van der Waals surface area (Å²) in [6.07, 6.45) is 0. The quantitative estimate of drug-likeness (QED) is 0.795. The molecule has 0 bridgehead atoms. The molecule has 1 aliphatic rings. The minimum atomic E-state index is -0.0218. The van der Waals surface area contributed by atoms with E-state index in [4.69, 9.17) is 5.73 Å². The van der Waals surface area contributed by atoms with E-state index in [1.165, 1.54) is 0 Å². The Morgan fingerprint density at radius 2 is 2.20 bits per heavy atom. The van der Waals surface area contributed by atoms with E-state index in [1.807, 2.05) is 36.9 Å². The van der Waals surface area contributed by atoms with Gasteiger partial charge < -0.3 is 10.6 Å². The lowest BCUT2D eigenvalue weighted by atomic mass is 10.0. The van der Waals surface area contributed by atoms with E-state index >= 15 is 0 Å². The van der Waals surface area contributed by atoms with Gasteiger partial charge in [0.25, 0.3) is 0 Å². The largest absolute Gasteiger partial charge is 0.326 e. The van der Waals surface area contributed by atoms with Crippen molar-refractivity contribution in [2.45, 2.75) is 26.3 Å². The van der Waals surface area contributed by atoms with Crippen molar-refractivity contribution < 1.29 is 4.79 Å². The number of benzene rings is 1. The summed E-state index contributed by atoms with van der Waals surface area (Å²) in [5, 5.41) is 0. The zero-order valence-electron chi connectivity index (χ0n) is 9.16. The molecule has 80 valence electrons. The fourth-order valence-corrected chi connectivity index (χ4v) is 2.14. The maximum absolute atomic E-state index is 11.9. The number of carbonyl (C=O) groups excluding carboxylic acids is 1. The van der Waals surface area contributed by atoms with Crippen LogP contribution in [0.4, 0.5) is 5.69 Å². The molecule has 1 aromatic carbocycles. The van der Waals surface area contributed by atoms with Gasteiger partial charge in [0.05, 0.1) is 5.92 Å². The second-order valence-electron chi connectivity index (χ2n) is 3.90. The van der Waals surface area contributed by atoms with Crippen molar-refractivity contribution in [2.75, 3.05) is 11.4 Å². The van der Waals surface area contributed by atoms with Crippen LogP contribution in [0.15, 0.2) is 18.2 Å². The van der Waals surface area contributed by atoms with Crippen LogP contribution in [-0.4, -0.2) is 12.5 Å². The molecule has 1 heterocycles. The first-order chi connectivity index (χ1) is 7.19. The van der Waals surface area contributed by atoms with Crippen LogP contribution >= 0.6 is 0 Å². The number of hydrogen-bond acceptors (Lipinski definition) is 2. The summed E-state index contributed by atoms with van der Waals surface area (Å²) in [4.78, 5) is 13.7. The number of anilines is 1. The van der Waals surface area contributed by atoms with Crippen LogP contribution in [0.2, 0.25) is 0 Å². The smallest absolute Gasteiger partial charge is 0.234 e. The van der Waals surface area contributed by atoms with E-state index in [-0.39, 0.29) is 11.8 Å². The Labute approximate surface area is 89.9 Å². The van der Waals surface area contributed by atoms with Crippen molar-refractivity contribution in [3.8, 4) is 0 Å². The van der Waals surface area contributed by atoms with E-state index in [2.05, 4.69) is 0 Å². The summed E-state index contributed by atoms with van der Waals surface area (Å²) in [5.74, 6) is 0.174. The fraction of sp³-hybridized carbons (Fsp3) is 0.417. The van der Waals surface area contributed by atoms with Gasteiger partial charge in [0, 0.05) is 18.8 Å². The highest BCUT2D eigenvalue weighted by molar-refractivity contribution is 6.04. The third-order valence-electron chi connectivity index (χ3n) is 3.04. The number of nitrogens with two attached hydrogens (primary N) is 1. The molecule has 2 N–H and O–H groups in total. The Balaban J connectivity index is 2.50. The molecule has 1 atom stereocenters. The minimum Gasteiger partial charge on any atom is -0.326 e. The van der Waals surface area contributed by atoms with Gasteiger partial charge >= 0.3 is 0 Å². The molecule has 0 radical (unpaired) electrons. The first kappa shape index (κ1) is 10.2. The third kappa shape index (κ3) is 1.43. The van der Waals surface area contributed by atoms with Crippen LogP contribution in [0.3, 0.4) is 0 Å². The van der Waals surface area contributed by atoms with Gasteiger partial charge in [-0.25, -0.2) is 0 Å². The van der Waals surface area contributed by atoms with Crippen LogP contribution in [0.25, 0.3) is 0 Å². The average molecular weight is 204 g/mol. The van der Waals surface area contributed by atoms with Crippen LogP contribution in [0.1, 0.15) is 30.9 Å². The number of hydrogen-bond donors (Lipinski definition) is 1. The van der Waals surface area contributed by atoms with Gasteiger partial charge in [-0.3, -0.25) is 4.79 Å². The maximum Gasteiger partial charge on any atom is 0.234 e. The minimum absolute atomic E-state index is 0.0218. The van der Waals surface area contributed by atoms with Crippen molar-refractivity contribution in [2.24, 2.45) is 5.73 Å². The van der Waals surface area contributed by atoms with Gasteiger partial charge in [-0.15, -0.1) is 0 Å². The SMILES string of the molecule is CCN1C(=O)C(C)c2cc(CN)ccc21. The van der Waals surface area contributed by atoms with Gasteiger partial charge in [0.2, 0.25) is 5.91 Å². The van der Waals surface area contributed by atoms with Crippen molar-refractivity contribution in [1.82, 2.24) is 0 Å². The monoisotopic (exact) mass is 204 g/mol. The Bertz CT molecular complexity index is 401. The van der Waals surface area contributed by atoms with Crippen molar-refractivity contribution in [3.05, 3.63) is 29.3 Å². The standard InChI is InChI=1S/C12H16N2O/c1-3-14-11-5-4-9(7-13)6-10(11)8(2)12(14)15/h4-6,8H,3,7,13H2,1-2H3. The molecule has 15 heavy (non-hydrogen) atoms. The summed E-state index contributed by atoms with van der Waals surface area (Å²) in [7, 11) is 0. The number of nitrogens with zero attached hydrogens (tertiary/aromatic N) is 1. The van der Waals surface area contributed by atoms with Crippen LogP contribution in [-0.2, 0) is 11.3 Å². The van der Waals surface area contributed by atoms with Gasteiger partial charge in [-0.2, -0.15) is 0 Å². The molecule has 0 fully saturated rings. The predicted molar refractivity (Wildman–Crippen MR) is 60.8 cm³/mol. The van der Waals surface area contributed by atoms with E-state index in [0.717, 1.165) is 23.4 Å². The molecule has 0 aromatic heterocycles. The molecule has 1 unspecified atom stereocenters. The number of amides is 1. The first-order valence-corrected chi connectivity index (χ1v) is 5.33. The van der Waals surface area contributed by atoms with E-state index in [0.29, 0.717) is 6.54 Å². The Morgan fingerprint density at radius 1 is 1.47 bits per heavy atom. The molecule has 1 aliphatic heterocycles. The molecular weight excluding hydrogens is 188 g/mol. The highest BCUT2D eigenvalue weighted by Crippen LogP contribution is 2.37. The predicted octanol–water partition coefficient (Wildman–Crippen LogP) is 1.62. The van der Waals surface area contributed by atoms with Crippen LogP contribution in [0.5, 0.6) is 0 Å². The Hall–Kier alpha value is -1.35. The first-order valence-electron chi connectivity index (χ1n) is 5.33. The lowest BCUT2D eigenvalue weighted by molar-refractivity contribution is -0.118. The molecule has 0 saturated carbocycles. The summed E-state index contributed by atoms with van der Waals surface area (Å²) < 4.78 is 0. The lowest BCUT2D eigenvalue weighted by Crippen LogP contribution is -2.27. The van der Waals surface area contributed by atoms with Gasteiger partial charge in [0.15, 0.2) is 0 Å². The van der Waals surface area contributed by atoms with E-state index in [1.54, 1.807) is 0 Å². The zero-order chi connectivity index (χ0) is 11.0. The molecule has 0 aliphatic carbocycles. The highest BCUT2D eigenvalue weighted by atomic mass is 16.2. The van der Waals surface area contributed by atoms with Crippen molar-refractivity contribution in [1.29, 1.82) is 0 Å². The lowest BCUT2D eigenvalue weighted by Gasteiger charge is -2.14. The molecular formula is C12H16N2O. The molecule has 3 nitrogen and oxygen atoms in total. The molecule has 3 heteroatoms. The van der Waals surface area contributed by atoms with Gasteiger partial charge in [0.1, 0.15) is 0 Å². The molecule has 0 saturated heterocycles. The van der Waals surface area contributed by atoms with E-state index in [9.17, 15) is 4.79 Å². The summed E-state index contributed by atoms with van der Waals surface area (Å²) in [6, 6.07) is 6.04. The molecule has 0 spiro atoms. The van der Waals surface area contributed by atoms with Crippen molar-refractivity contribution >= 4 is 11.6 Å². The fourth-order valence-electron chi connectivity index (χ4n) is 2.14. The van der Waals surface area contributed by atoms with Crippen LogP contribution in [0, 0.1) is 0 Å². The number of fused-ring (bicyclic) bond motifs is 1. The summed E-state index contributed by atoms with van der Waals surface area (Å²) >= 11 is 0. The van der Waals surface area contributed by atoms with E-state index < -0.39 is 0 Å². The second-order valence-corrected chi connectivity index (χ2v) is 3.90. The molecule has 2 rings (SSSR count). The normalized spacial score (nSPS) is 19.5. The maximum atomic E-state index is 11.9. The zero-order valence-corrected chi connectivity index (χ0v) is 9.16. The molecule has 1 amide bonds. The topological polar surface area (TPSA) is 46.3 Å². The van der Waals surface area contributed by atoms with Gasteiger partial charge in [-0.1, -0.05) is 12.1 Å². The number of likely N-dealkylation sites (N-methyl/N-ethyl adjacent to an activating group) is 1. The third-order valence-corrected chi connectivity index (χ3v) is 3.04. The summed E-state index contributed by atoms with van der Waals surface area (Å²) in [6.45, 7) is 5.21. The van der Waals surface area contributed by atoms with Gasteiger partial charge in [-0.05, 0) is 31.0 Å². The Kier molecular flexibility index (Phi) is 2.49. The second kappa shape index (κ2) is 3.66. The Morgan fingerprint density at radius 3 is 2.80 bits per heavy atom. The average Bonchev–Trinajstić information content (AvgIpc) is 2.51. The highest BCUT2D eigenvalue weighted by Gasteiger charge is 2.32. The van der Waals surface area contributed by atoms with Crippen LogP contribution < -0.4 is 10.6 Å². The van der Waals surface area contributed by atoms with Crippen molar-refractivity contribution in [3.63, 3.8) is 0 Å². The number of rotatable bonds is 2. The summed E-state index contributed by atoms with van der Waals surface area (Å²) in [5.41, 5.74) is 8.85. The number of carbonyl (C=O) groups is 1.